The third-order valence-electron chi connectivity index (χ3n) is 4.91. The Hall–Kier alpha value is -1.59. The van der Waals surface area contributed by atoms with Gasteiger partial charge in [-0.05, 0) is 43.9 Å². The Balaban J connectivity index is 0.00000208. The van der Waals surface area contributed by atoms with Crippen molar-refractivity contribution >= 4 is 29.9 Å². The summed E-state index contributed by atoms with van der Waals surface area (Å²) in [4.78, 5) is 26.7. The molecule has 6 heteroatoms. The molecule has 2 unspecified atom stereocenters. The normalized spacial score (nSPS) is 23.1. The lowest BCUT2D eigenvalue weighted by atomic mass is 9.94. The highest BCUT2D eigenvalue weighted by atomic mass is 35.5. The lowest BCUT2D eigenvalue weighted by molar-refractivity contribution is -0.119. The summed E-state index contributed by atoms with van der Waals surface area (Å²) in [5, 5.41) is 6.45. The predicted octanol–water partition coefficient (Wildman–Crippen LogP) is 2.21. The number of hydrogen-bond donors (Lipinski definition) is 2. The Morgan fingerprint density at radius 3 is 2.58 bits per heavy atom. The Labute approximate surface area is 149 Å². The van der Waals surface area contributed by atoms with Gasteiger partial charge in [0.2, 0.25) is 5.91 Å². The van der Waals surface area contributed by atoms with E-state index >= 15 is 0 Å². The first-order valence-corrected chi connectivity index (χ1v) is 8.46. The number of rotatable bonds is 4. The fourth-order valence-corrected chi connectivity index (χ4v) is 3.11. The molecule has 1 saturated carbocycles. The quantitative estimate of drug-likeness (QED) is 0.874. The lowest BCUT2D eigenvalue weighted by Crippen LogP contribution is -2.50. The molecule has 24 heavy (non-hydrogen) atoms. The smallest absolute Gasteiger partial charge is 0.253 e. The molecule has 2 fully saturated rings. The van der Waals surface area contributed by atoms with Crippen LogP contribution >= 0.6 is 12.4 Å². The number of benzene rings is 1. The summed E-state index contributed by atoms with van der Waals surface area (Å²) in [7, 11) is 1.76. The summed E-state index contributed by atoms with van der Waals surface area (Å²) in [5.74, 6) is 0.603. The van der Waals surface area contributed by atoms with E-state index in [4.69, 9.17) is 0 Å². The van der Waals surface area contributed by atoms with Crippen LogP contribution < -0.4 is 15.5 Å². The fourth-order valence-electron chi connectivity index (χ4n) is 3.11. The molecule has 1 heterocycles. The third kappa shape index (κ3) is 4.08. The van der Waals surface area contributed by atoms with Crippen molar-refractivity contribution in [3.63, 3.8) is 0 Å². The number of carbonyl (C=O) groups is 2. The number of anilines is 1. The average molecular weight is 352 g/mol. The van der Waals surface area contributed by atoms with Gasteiger partial charge in [0.25, 0.3) is 5.91 Å². The number of hydrogen-bond acceptors (Lipinski definition) is 3. The van der Waals surface area contributed by atoms with Crippen LogP contribution in [0.1, 0.15) is 36.5 Å². The van der Waals surface area contributed by atoms with Crippen LogP contribution in [0, 0.1) is 11.8 Å². The van der Waals surface area contributed by atoms with Crippen molar-refractivity contribution in [3.8, 4) is 0 Å². The maximum Gasteiger partial charge on any atom is 0.253 e. The number of para-hydroxylation sites is 1. The Morgan fingerprint density at radius 1 is 1.21 bits per heavy atom. The first kappa shape index (κ1) is 18.7. The van der Waals surface area contributed by atoms with Crippen LogP contribution in [-0.2, 0) is 4.79 Å². The van der Waals surface area contributed by atoms with Gasteiger partial charge in [-0.3, -0.25) is 9.59 Å². The summed E-state index contributed by atoms with van der Waals surface area (Å²) in [6.45, 7) is 3.97. The van der Waals surface area contributed by atoms with Gasteiger partial charge in [0.05, 0.1) is 11.3 Å². The third-order valence-corrected chi connectivity index (χ3v) is 4.91. The summed E-state index contributed by atoms with van der Waals surface area (Å²) in [6.07, 6.45) is 2.98. The number of carbonyl (C=O) groups excluding carboxylic acids is 2. The molecule has 3 rings (SSSR count). The van der Waals surface area contributed by atoms with E-state index in [-0.39, 0.29) is 36.2 Å². The monoisotopic (exact) mass is 351 g/mol. The summed E-state index contributed by atoms with van der Waals surface area (Å²) in [5.41, 5.74) is 1.26. The highest BCUT2D eigenvalue weighted by molar-refractivity contribution is 6.05. The molecule has 2 aliphatic rings. The molecule has 1 aliphatic carbocycles. The molecule has 1 saturated heterocycles. The minimum absolute atomic E-state index is 0. The van der Waals surface area contributed by atoms with Gasteiger partial charge in [0.1, 0.15) is 0 Å². The number of piperidine rings is 1. The second-order valence-electron chi connectivity index (χ2n) is 6.74. The average Bonchev–Trinajstić information content (AvgIpc) is 3.40. The second kappa shape index (κ2) is 7.99. The van der Waals surface area contributed by atoms with Crippen molar-refractivity contribution in [2.24, 2.45) is 11.8 Å². The molecule has 5 nitrogen and oxygen atoms in total. The van der Waals surface area contributed by atoms with E-state index in [1.54, 1.807) is 18.0 Å². The number of nitrogens with one attached hydrogen (secondary N) is 2. The molecular weight excluding hydrogens is 326 g/mol. The summed E-state index contributed by atoms with van der Waals surface area (Å²) < 4.78 is 0. The SMILES string of the molecule is CC1CCNCC1NC(=O)c1ccccc1N(C)C(=O)C1CC1.Cl. The van der Waals surface area contributed by atoms with Gasteiger partial charge in [0.15, 0.2) is 0 Å². The lowest BCUT2D eigenvalue weighted by Gasteiger charge is -2.30. The van der Waals surface area contributed by atoms with Crippen LogP contribution in [0.25, 0.3) is 0 Å². The van der Waals surface area contributed by atoms with Crippen molar-refractivity contribution in [2.75, 3.05) is 25.0 Å². The fraction of sp³-hybridized carbons (Fsp3) is 0.556. The Morgan fingerprint density at radius 2 is 1.92 bits per heavy atom. The highest BCUT2D eigenvalue weighted by Gasteiger charge is 2.33. The van der Waals surface area contributed by atoms with E-state index in [1.165, 1.54) is 0 Å². The van der Waals surface area contributed by atoms with Gasteiger partial charge in [0, 0.05) is 25.6 Å². The van der Waals surface area contributed by atoms with Crippen molar-refractivity contribution in [1.82, 2.24) is 10.6 Å². The van der Waals surface area contributed by atoms with Crippen LogP contribution in [-0.4, -0.2) is 38.0 Å². The number of halogens is 1. The molecule has 0 bridgehead atoms. The minimum atomic E-state index is -0.100. The summed E-state index contributed by atoms with van der Waals surface area (Å²) >= 11 is 0. The molecule has 2 N–H and O–H groups in total. The number of nitrogens with zero attached hydrogens (tertiary/aromatic N) is 1. The molecule has 0 radical (unpaired) electrons. The van der Waals surface area contributed by atoms with E-state index < -0.39 is 0 Å². The van der Waals surface area contributed by atoms with E-state index in [0.29, 0.717) is 17.2 Å². The first-order chi connectivity index (χ1) is 11.1. The molecule has 1 aromatic rings. The molecule has 0 spiro atoms. The zero-order chi connectivity index (χ0) is 16.4. The zero-order valence-corrected chi connectivity index (χ0v) is 15.1. The molecular formula is C18H26ClN3O2. The van der Waals surface area contributed by atoms with Crippen molar-refractivity contribution < 1.29 is 9.59 Å². The van der Waals surface area contributed by atoms with Gasteiger partial charge in [-0.2, -0.15) is 0 Å². The van der Waals surface area contributed by atoms with Crippen molar-refractivity contribution in [2.45, 2.75) is 32.2 Å². The maximum absolute atomic E-state index is 12.7. The molecule has 2 amide bonds. The van der Waals surface area contributed by atoms with Crippen molar-refractivity contribution in [1.29, 1.82) is 0 Å². The largest absolute Gasteiger partial charge is 0.348 e. The van der Waals surface area contributed by atoms with Crippen LogP contribution in [0.3, 0.4) is 0 Å². The van der Waals surface area contributed by atoms with E-state index in [9.17, 15) is 9.59 Å². The molecule has 1 aromatic carbocycles. The molecule has 132 valence electrons. The van der Waals surface area contributed by atoms with Gasteiger partial charge in [-0.15, -0.1) is 12.4 Å². The van der Waals surface area contributed by atoms with Gasteiger partial charge in [-0.25, -0.2) is 0 Å². The van der Waals surface area contributed by atoms with E-state index in [1.807, 2.05) is 18.2 Å². The second-order valence-corrected chi connectivity index (χ2v) is 6.74. The Kier molecular flexibility index (Phi) is 6.24. The summed E-state index contributed by atoms with van der Waals surface area (Å²) in [6, 6.07) is 7.48. The topological polar surface area (TPSA) is 61.4 Å². The molecule has 2 atom stereocenters. The van der Waals surface area contributed by atoms with Crippen molar-refractivity contribution in [3.05, 3.63) is 29.8 Å². The van der Waals surface area contributed by atoms with Gasteiger partial charge >= 0.3 is 0 Å². The highest BCUT2D eigenvalue weighted by Crippen LogP contribution is 2.33. The van der Waals surface area contributed by atoms with E-state index in [2.05, 4.69) is 17.6 Å². The molecule has 0 aromatic heterocycles. The Bertz CT molecular complexity index is 604. The zero-order valence-electron chi connectivity index (χ0n) is 14.2. The predicted molar refractivity (Wildman–Crippen MR) is 97.7 cm³/mol. The van der Waals surface area contributed by atoms with Gasteiger partial charge < -0.3 is 15.5 Å². The first-order valence-electron chi connectivity index (χ1n) is 8.46. The number of amides is 2. The van der Waals surface area contributed by atoms with Gasteiger partial charge in [-0.1, -0.05) is 19.1 Å². The van der Waals surface area contributed by atoms with Crippen LogP contribution in [0.15, 0.2) is 24.3 Å². The van der Waals surface area contributed by atoms with Crippen LogP contribution in [0.4, 0.5) is 5.69 Å². The minimum Gasteiger partial charge on any atom is -0.348 e. The van der Waals surface area contributed by atoms with Crippen LogP contribution in [0.2, 0.25) is 0 Å². The maximum atomic E-state index is 12.7. The molecule has 1 aliphatic heterocycles. The van der Waals surface area contributed by atoms with E-state index in [0.717, 1.165) is 32.4 Å². The van der Waals surface area contributed by atoms with Crippen LogP contribution in [0.5, 0.6) is 0 Å². The standard InChI is InChI=1S/C18H25N3O2.ClH/c1-12-9-10-19-11-15(12)20-17(22)14-5-3-4-6-16(14)21(2)18(23)13-7-8-13;/h3-6,12-13,15,19H,7-11H2,1-2H3,(H,20,22);1H.